The van der Waals surface area contributed by atoms with Crippen LogP contribution in [0, 0.1) is 0 Å². The molecule has 0 atom stereocenters. The van der Waals surface area contributed by atoms with E-state index in [1.165, 1.54) is 16.6 Å². The molecule has 0 bridgehead atoms. The third-order valence-electron chi connectivity index (χ3n) is 5.30. The summed E-state index contributed by atoms with van der Waals surface area (Å²) >= 11 is 0. The van der Waals surface area contributed by atoms with E-state index in [1.807, 2.05) is 11.6 Å². The quantitative estimate of drug-likeness (QED) is 0.677. The Bertz CT molecular complexity index is 824. The second kappa shape index (κ2) is 8.27. The highest BCUT2D eigenvalue weighted by Crippen LogP contribution is 2.18. The van der Waals surface area contributed by atoms with Crippen molar-refractivity contribution in [2.24, 2.45) is 7.05 Å². The molecule has 0 spiro atoms. The Hall–Kier alpha value is -1.46. The Labute approximate surface area is 159 Å². The number of morpholine rings is 1. The molecule has 0 unspecified atom stereocenters. The minimum Gasteiger partial charge on any atom is -0.503 e. The van der Waals surface area contributed by atoms with Gasteiger partial charge in [-0.2, -0.15) is 4.31 Å². The first kappa shape index (κ1) is 20.3. The number of sulfonamides is 1. The zero-order valence-corrected chi connectivity index (χ0v) is 16.7. The summed E-state index contributed by atoms with van der Waals surface area (Å²) < 4.78 is 32.0. The molecule has 3 rings (SSSR count). The zero-order valence-electron chi connectivity index (χ0n) is 15.9. The summed E-state index contributed by atoms with van der Waals surface area (Å²) in [5.74, 6) is -0.228. The minimum atomic E-state index is -3.18. The van der Waals surface area contributed by atoms with Crippen LogP contribution >= 0.6 is 0 Å². The number of aromatic nitrogens is 1. The van der Waals surface area contributed by atoms with Crippen LogP contribution in [-0.2, 0) is 34.9 Å². The lowest BCUT2D eigenvalue weighted by molar-refractivity contribution is 0.0331. The van der Waals surface area contributed by atoms with E-state index in [9.17, 15) is 18.3 Å². The Morgan fingerprint density at radius 3 is 2.22 bits per heavy atom. The number of aromatic hydroxyl groups is 1. The first-order valence-corrected chi connectivity index (χ1v) is 11.0. The lowest BCUT2D eigenvalue weighted by Crippen LogP contribution is -2.48. The van der Waals surface area contributed by atoms with Crippen LogP contribution in [-0.4, -0.2) is 90.9 Å². The SMILES string of the molecule is Cn1c(CN2CCOCC2)cc(=O)c(O)c1CN1CCN(S(C)(=O)=O)CC1. The molecule has 1 aromatic heterocycles. The fraction of sp³-hybridized carbons (Fsp3) is 0.706. The second-order valence-corrected chi connectivity index (χ2v) is 9.16. The van der Waals surface area contributed by atoms with Crippen LogP contribution < -0.4 is 5.43 Å². The lowest BCUT2D eigenvalue weighted by Gasteiger charge is -2.34. The van der Waals surface area contributed by atoms with Crippen molar-refractivity contribution in [1.82, 2.24) is 18.7 Å². The van der Waals surface area contributed by atoms with Crippen LogP contribution in [0.15, 0.2) is 10.9 Å². The van der Waals surface area contributed by atoms with Crippen LogP contribution in [0.1, 0.15) is 11.4 Å². The molecule has 9 nitrogen and oxygen atoms in total. The van der Waals surface area contributed by atoms with Crippen molar-refractivity contribution in [2.45, 2.75) is 13.1 Å². The Morgan fingerprint density at radius 2 is 1.63 bits per heavy atom. The first-order valence-electron chi connectivity index (χ1n) is 9.14. The van der Waals surface area contributed by atoms with Gasteiger partial charge in [0.1, 0.15) is 0 Å². The molecule has 3 heterocycles. The number of ether oxygens (including phenoxy) is 1. The molecule has 152 valence electrons. The van der Waals surface area contributed by atoms with E-state index in [2.05, 4.69) is 9.80 Å². The van der Waals surface area contributed by atoms with Crippen LogP contribution in [0.2, 0.25) is 0 Å². The fourth-order valence-corrected chi connectivity index (χ4v) is 4.37. The third kappa shape index (κ3) is 4.88. The number of pyridine rings is 1. The molecule has 0 amide bonds. The molecular formula is C17H28N4O5S. The summed E-state index contributed by atoms with van der Waals surface area (Å²) in [6.07, 6.45) is 1.22. The summed E-state index contributed by atoms with van der Waals surface area (Å²) in [5.41, 5.74) is 1.05. The highest BCUT2D eigenvalue weighted by atomic mass is 32.2. The standard InChI is InChI=1S/C17H28N4O5S/c1-18-14(12-20-7-9-26-10-8-20)11-16(22)17(23)15(18)13-19-3-5-21(6-4-19)27(2,24)25/h11,23H,3-10,12-13H2,1-2H3. The molecule has 2 aliphatic rings. The van der Waals surface area contributed by atoms with Gasteiger partial charge in [0.2, 0.25) is 15.5 Å². The average molecular weight is 401 g/mol. The van der Waals surface area contributed by atoms with Gasteiger partial charge in [-0.25, -0.2) is 8.42 Å². The van der Waals surface area contributed by atoms with Crippen molar-refractivity contribution in [3.63, 3.8) is 0 Å². The van der Waals surface area contributed by atoms with Crippen molar-refractivity contribution < 1.29 is 18.3 Å². The smallest absolute Gasteiger partial charge is 0.223 e. The zero-order chi connectivity index (χ0) is 19.6. The monoisotopic (exact) mass is 400 g/mol. The second-order valence-electron chi connectivity index (χ2n) is 7.18. The Morgan fingerprint density at radius 1 is 1.04 bits per heavy atom. The topological polar surface area (TPSA) is 95.3 Å². The van der Waals surface area contributed by atoms with Gasteiger partial charge in [-0.3, -0.25) is 14.6 Å². The normalized spacial score (nSPS) is 20.8. The summed E-state index contributed by atoms with van der Waals surface area (Å²) in [5, 5.41) is 10.3. The van der Waals surface area contributed by atoms with Crippen molar-refractivity contribution in [1.29, 1.82) is 0 Å². The number of hydrogen-bond acceptors (Lipinski definition) is 7. The van der Waals surface area contributed by atoms with Gasteiger partial charge in [-0.15, -0.1) is 0 Å². The number of nitrogens with zero attached hydrogens (tertiary/aromatic N) is 4. The molecule has 10 heteroatoms. The number of hydrogen-bond donors (Lipinski definition) is 1. The number of piperazine rings is 1. The molecular weight excluding hydrogens is 372 g/mol. The van der Waals surface area contributed by atoms with Crippen LogP contribution in [0.3, 0.4) is 0 Å². The van der Waals surface area contributed by atoms with Gasteiger partial charge in [-0.05, 0) is 0 Å². The highest BCUT2D eigenvalue weighted by Gasteiger charge is 2.25. The highest BCUT2D eigenvalue weighted by molar-refractivity contribution is 7.88. The van der Waals surface area contributed by atoms with Crippen molar-refractivity contribution >= 4 is 10.0 Å². The van der Waals surface area contributed by atoms with Crippen molar-refractivity contribution in [3.05, 3.63) is 27.7 Å². The van der Waals surface area contributed by atoms with E-state index < -0.39 is 10.0 Å². The van der Waals surface area contributed by atoms with Crippen LogP contribution in [0.4, 0.5) is 0 Å². The van der Waals surface area contributed by atoms with E-state index in [-0.39, 0.29) is 11.2 Å². The molecule has 0 aliphatic carbocycles. The predicted octanol–water partition coefficient (Wildman–Crippen LogP) is -1.000. The molecule has 1 N–H and O–H groups in total. The molecule has 2 saturated heterocycles. The predicted molar refractivity (Wildman–Crippen MR) is 101 cm³/mol. The van der Waals surface area contributed by atoms with E-state index in [1.54, 1.807) is 0 Å². The maximum absolute atomic E-state index is 12.3. The maximum atomic E-state index is 12.3. The first-order chi connectivity index (χ1) is 12.8. The van der Waals surface area contributed by atoms with Gasteiger partial charge in [0.15, 0.2) is 5.75 Å². The van der Waals surface area contributed by atoms with E-state index in [4.69, 9.17) is 4.74 Å². The molecule has 2 aliphatic heterocycles. The molecule has 0 saturated carbocycles. The molecule has 27 heavy (non-hydrogen) atoms. The summed E-state index contributed by atoms with van der Waals surface area (Å²) in [4.78, 5) is 16.6. The average Bonchev–Trinajstić information content (AvgIpc) is 2.64. The van der Waals surface area contributed by atoms with Crippen molar-refractivity contribution in [2.75, 3.05) is 58.7 Å². The van der Waals surface area contributed by atoms with E-state index in [0.717, 1.165) is 18.8 Å². The van der Waals surface area contributed by atoms with Crippen LogP contribution in [0.25, 0.3) is 0 Å². The molecule has 2 fully saturated rings. The van der Waals surface area contributed by atoms with Gasteiger partial charge in [-0.1, -0.05) is 0 Å². The van der Waals surface area contributed by atoms with Gasteiger partial charge in [0, 0.05) is 71.2 Å². The maximum Gasteiger partial charge on any atom is 0.223 e. The lowest BCUT2D eigenvalue weighted by atomic mass is 10.2. The molecule has 0 radical (unpaired) electrons. The van der Waals surface area contributed by atoms with E-state index >= 15 is 0 Å². The largest absolute Gasteiger partial charge is 0.503 e. The Kier molecular flexibility index (Phi) is 6.21. The molecule has 0 aromatic carbocycles. The van der Waals surface area contributed by atoms with Gasteiger partial charge in [0.05, 0.1) is 25.2 Å². The van der Waals surface area contributed by atoms with Gasteiger partial charge >= 0.3 is 0 Å². The summed E-state index contributed by atoms with van der Waals surface area (Å²) in [6, 6.07) is 1.50. The summed E-state index contributed by atoms with van der Waals surface area (Å²) in [6.45, 7) is 6.00. The van der Waals surface area contributed by atoms with E-state index in [0.29, 0.717) is 58.2 Å². The van der Waals surface area contributed by atoms with Gasteiger partial charge < -0.3 is 14.4 Å². The molecule has 1 aromatic rings. The van der Waals surface area contributed by atoms with Crippen molar-refractivity contribution in [3.8, 4) is 5.75 Å². The third-order valence-corrected chi connectivity index (χ3v) is 6.61. The van der Waals surface area contributed by atoms with Gasteiger partial charge in [0.25, 0.3) is 0 Å². The fourth-order valence-electron chi connectivity index (χ4n) is 3.54. The minimum absolute atomic E-state index is 0.228. The Balaban J connectivity index is 1.74. The summed E-state index contributed by atoms with van der Waals surface area (Å²) in [7, 11) is -1.32. The van der Waals surface area contributed by atoms with Crippen LogP contribution in [0.5, 0.6) is 5.75 Å². The number of rotatable bonds is 5.